The van der Waals surface area contributed by atoms with E-state index >= 15 is 0 Å². The summed E-state index contributed by atoms with van der Waals surface area (Å²) in [5, 5.41) is 41.4. The van der Waals surface area contributed by atoms with Crippen LogP contribution in [0.1, 0.15) is 119 Å². The monoisotopic (exact) mass is 1430 g/mol. The Morgan fingerprint density at radius 2 is 0.854 bits per heavy atom. The van der Waals surface area contributed by atoms with Gasteiger partial charge in [0.05, 0.1) is 75.2 Å². The third-order valence-electron chi connectivity index (χ3n) is 16.2. The molecule has 0 saturated heterocycles. The fourth-order valence-electron chi connectivity index (χ4n) is 10.6. The van der Waals surface area contributed by atoms with Crippen molar-refractivity contribution in [2.45, 2.75) is 137 Å². The number of hydrogen-bond donors (Lipinski definition) is 10. The quantitative estimate of drug-likeness (QED) is 0.0115. The van der Waals surface area contributed by atoms with Gasteiger partial charge in [-0.15, -0.1) is 0 Å². The molecule has 10 N–H and O–H groups in total. The zero-order chi connectivity index (χ0) is 75.4. The summed E-state index contributed by atoms with van der Waals surface area (Å²) in [6.45, 7) is 19.6. The van der Waals surface area contributed by atoms with Crippen molar-refractivity contribution in [1.29, 1.82) is 0 Å². The molecule has 0 saturated carbocycles. The van der Waals surface area contributed by atoms with Crippen molar-refractivity contribution in [3.63, 3.8) is 0 Å². The second kappa shape index (κ2) is 39.7. The van der Waals surface area contributed by atoms with Gasteiger partial charge in [-0.25, -0.2) is 19.2 Å². The minimum absolute atomic E-state index is 0.0126. The molecule has 0 aromatic heterocycles. The molecule has 4 aromatic carbocycles. The Balaban J connectivity index is 1.06. The standard InChI is InChI=1S/C73H94N10O20/c1-13-26-100-72(94)80-62(42(3)4)66(88)74-46(9)64(86)76-50-22-18-48(19-23-50)40-102-70(92)78-56-34-60(58(96-11)32-54(56)68(90)82-36-44(7)30-52(82)38-84)98-28-16-15-17-29-99-61-35-57(55(33-59(61)97-12)69(91)83-37-45(8)31-53(83)39-85)79-71(93)103-41-49-20-24-51(25-21-49)77-65(87)47(10)75-67(89)63(43(5)6)81-73(95)101-27-14-2/h13-14,18-25,32-37,42-43,46-47,52-53,62-63,84-85H,1-2,15-17,26-31,38-41H2,3-12H3,(H,74,88)(H,75,89)(H,76,86)(H,77,87)(H,78,92)(H,79,93)(H,80,94)(H,81,95)/t46-,47-,52-,53-,62-,63-/m0/s1. The largest absolute Gasteiger partial charge is 0.493 e. The molecule has 103 heavy (non-hydrogen) atoms. The summed E-state index contributed by atoms with van der Waals surface area (Å²) in [6.07, 6.45) is 4.91. The smallest absolute Gasteiger partial charge is 0.411 e. The second-order valence-electron chi connectivity index (χ2n) is 25.1. The van der Waals surface area contributed by atoms with E-state index in [1.807, 2.05) is 13.8 Å². The summed E-state index contributed by atoms with van der Waals surface area (Å²) in [5.74, 6) is -3.32. The van der Waals surface area contributed by atoms with Crippen molar-refractivity contribution < 1.29 is 96.1 Å². The summed E-state index contributed by atoms with van der Waals surface area (Å²) in [4.78, 5) is 135. The van der Waals surface area contributed by atoms with E-state index in [2.05, 4.69) is 55.7 Å². The SMILES string of the molecule is C=CCOC(=O)N[C@H](C(=O)N[C@@H](C)C(=O)Nc1ccc(COC(=O)Nc2cc(OCCCCCOc3cc(NC(=O)OCc4ccc(NC(=O)[C@H](C)NC(=O)[C@@H](NC(=O)OCC=C)C(C)C)cc4)c(C(=O)N4C=C(C)C[C@H]4CO)cc3OC)c(OC)cc2C(=O)N2C=C(C)C[C@H]2CO)cc1)C(C)C. The molecule has 4 aromatic rings. The van der Waals surface area contributed by atoms with E-state index in [9.17, 15) is 58.2 Å². The summed E-state index contributed by atoms with van der Waals surface area (Å²) < 4.78 is 44.8. The number of unbranched alkanes of at least 4 members (excludes halogenated alkanes) is 2. The first-order valence-corrected chi connectivity index (χ1v) is 33.5. The van der Waals surface area contributed by atoms with Gasteiger partial charge < -0.3 is 89.8 Å². The Morgan fingerprint density at radius 3 is 1.18 bits per heavy atom. The third kappa shape index (κ3) is 24.0. The van der Waals surface area contributed by atoms with Crippen LogP contribution in [0.15, 0.2) is 122 Å². The third-order valence-corrected chi connectivity index (χ3v) is 16.2. The van der Waals surface area contributed by atoms with Crippen LogP contribution in [-0.4, -0.2) is 170 Å². The Kier molecular flexibility index (Phi) is 31.2. The maximum absolute atomic E-state index is 14.3. The number of carbonyl (C=O) groups is 10. The molecular weight excluding hydrogens is 1340 g/mol. The number of anilines is 4. The minimum Gasteiger partial charge on any atom is -0.493 e. The van der Waals surface area contributed by atoms with Crippen LogP contribution in [0.4, 0.5) is 41.9 Å². The van der Waals surface area contributed by atoms with Crippen LogP contribution in [-0.2, 0) is 51.3 Å². The van der Waals surface area contributed by atoms with Gasteiger partial charge in [-0.3, -0.25) is 39.4 Å². The van der Waals surface area contributed by atoms with E-state index in [1.165, 1.54) is 74.3 Å². The number of hydrogen-bond acceptors (Lipinski definition) is 20. The van der Waals surface area contributed by atoms with E-state index in [-0.39, 0.29) is 110 Å². The number of nitrogens with one attached hydrogen (secondary N) is 8. The highest BCUT2D eigenvalue weighted by Gasteiger charge is 2.34. The van der Waals surface area contributed by atoms with E-state index in [1.54, 1.807) is 88.6 Å². The molecule has 30 heteroatoms. The van der Waals surface area contributed by atoms with Crippen LogP contribution in [0, 0.1) is 11.8 Å². The molecule has 6 atom stereocenters. The van der Waals surface area contributed by atoms with Crippen molar-refractivity contribution in [1.82, 2.24) is 31.1 Å². The van der Waals surface area contributed by atoms with Crippen molar-refractivity contribution in [3.8, 4) is 23.0 Å². The fraction of sp³-hybridized carbons (Fsp3) is 0.425. The van der Waals surface area contributed by atoms with Gasteiger partial charge in [-0.2, -0.15) is 0 Å². The molecule has 10 amide bonds. The lowest BCUT2D eigenvalue weighted by Gasteiger charge is -2.24. The van der Waals surface area contributed by atoms with Crippen molar-refractivity contribution in [2.24, 2.45) is 11.8 Å². The average molecular weight is 1430 g/mol. The van der Waals surface area contributed by atoms with Gasteiger partial charge in [0, 0.05) is 35.9 Å². The lowest BCUT2D eigenvalue weighted by Crippen LogP contribution is -2.53. The topological polar surface area (TPSA) is 388 Å². The number of amides is 10. The second-order valence-corrected chi connectivity index (χ2v) is 25.1. The predicted octanol–water partition coefficient (Wildman–Crippen LogP) is 8.81. The highest BCUT2D eigenvalue weighted by Crippen LogP contribution is 2.38. The van der Waals surface area contributed by atoms with Crippen LogP contribution < -0.4 is 61.5 Å². The lowest BCUT2D eigenvalue weighted by molar-refractivity contribution is -0.128. The van der Waals surface area contributed by atoms with Crippen molar-refractivity contribution in [3.05, 3.63) is 144 Å². The van der Waals surface area contributed by atoms with Crippen LogP contribution in [0.25, 0.3) is 0 Å². The zero-order valence-corrected chi connectivity index (χ0v) is 59.6. The van der Waals surface area contributed by atoms with Gasteiger partial charge in [0.1, 0.15) is 50.6 Å². The highest BCUT2D eigenvalue weighted by atomic mass is 16.6. The first-order chi connectivity index (χ1) is 49.2. The molecule has 2 aliphatic heterocycles. The van der Waals surface area contributed by atoms with E-state index in [0.717, 1.165) is 11.1 Å². The molecular formula is C73H94N10O20. The molecule has 0 bridgehead atoms. The molecule has 0 unspecified atom stereocenters. The van der Waals surface area contributed by atoms with Crippen molar-refractivity contribution >= 4 is 82.6 Å². The first kappa shape index (κ1) is 80.8. The molecule has 30 nitrogen and oxygen atoms in total. The number of benzene rings is 4. The number of ether oxygens (including phenoxy) is 8. The summed E-state index contributed by atoms with van der Waals surface area (Å²) >= 11 is 0. The number of methoxy groups -OCH3 is 2. The molecule has 2 aliphatic rings. The molecule has 0 aliphatic carbocycles. The van der Waals surface area contributed by atoms with Gasteiger partial charge in [0.25, 0.3) is 11.8 Å². The van der Waals surface area contributed by atoms with Gasteiger partial charge >= 0.3 is 24.4 Å². The van der Waals surface area contributed by atoms with Gasteiger partial charge in [0.2, 0.25) is 23.6 Å². The summed E-state index contributed by atoms with van der Waals surface area (Å²) in [7, 11) is 2.79. The van der Waals surface area contributed by atoms with Crippen molar-refractivity contribution in [2.75, 3.05) is 75.1 Å². The van der Waals surface area contributed by atoms with E-state index in [4.69, 9.17) is 37.9 Å². The predicted molar refractivity (Wildman–Crippen MR) is 381 cm³/mol. The Labute approximate surface area is 598 Å². The molecule has 2 heterocycles. The Hall–Kier alpha value is -11.1. The zero-order valence-electron chi connectivity index (χ0n) is 59.6. The van der Waals surface area contributed by atoms with Gasteiger partial charge in [-0.1, -0.05) is 88.4 Å². The van der Waals surface area contributed by atoms with E-state index in [0.29, 0.717) is 54.6 Å². The number of aliphatic hydroxyl groups excluding tert-OH is 2. The Bertz CT molecular complexity index is 3510. The molecule has 0 fully saturated rings. The van der Waals surface area contributed by atoms with Crippen LogP contribution >= 0.6 is 0 Å². The van der Waals surface area contributed by atoms with Crippen LogP contribution in [0.2, 0.25) is 0 Å². The lowest BCUT2D eigenvalue weighted by atomic mass is 10.0. The average Bonchev–Trinajstić information content (AvgIpc) is 1.79. The maximum atomic E-state index is 14.3. The summed E-state index contributed by atoms with van der Waals surface area (Å²) in [6, 6.07) is 13.4. The number of alkyl carbamates (subject to hydrolysis) is 2. The maximum Gasteiger partial charge on any atom is 0.411 e. The number of rotatable bonds is 36. The highest BCUT2D eigenvalue weighted by molar-refractivity contribution is 6.06. The number of nitrogens with zero attached hydrogens (tertiary/aromatic N) is 2. The summed E-state index contributed by atoms with van der Waals surface area (Å²) in [5.41, 5.74) is 3.57. The number of carbonyl (C=O) groups excluding carboxylic acids is 10. The minimum atomic E-state index is -1.00. The van der Waals surface area contributed by atoms with Crippen LogP contribution in [0.5, 0.6) is 23.0 Å². The molecule has 6 rings (SSSR count). The fourth-order valence-corrected chi connectivity index (χ4v) is 10.6. The van der Waals surface area contributed by atoms with Gasteiger partial charge in [-0.05, 0) is 119 Å². The molecule has 0 spiro atoms. The van der Waals surface area contributed by atoms with Gasteiger partial charge in [0.15, 0.2) is 23.0 Å². The molecule has 0 radical (unpaired) electrons. The first-order valence-electron chi connectivity index (χ1n) is 33.5. The van der Waals surface area contributed by atoms with E-state index < -0.39 is 96.1 Å². The Morgan fingerprint density at radius 1 is 0.485 bits per heavy atom. The normalized spacial score (nSPS) is 14.9. The molecule has 556 valence electrons. The van der Waals surface area contributed by atoms with Crippen LogP contribution in [0.3, 0.4) is 0 Å². The number of aliphatic hydroxyl groups is 2.